The Morgan fingerprint density at radius 2 is 0.867 bits per heavy atom. The largest absolute Gasteiger partial charge is 0.508 e. The molecule has 1 rings (SSSR count). The van der Waals surface area contributed by atoms with Crippen LogP contribution in [0.5, 0.6) is 5.75 Å². The summed E-state index contributed by atoms with van der Waals surface area (Å²) < 4.78 is 0. The topological polar surface area (TPSA) is 20.2 Å². The monoisotopic (exact) mass is 416 g/mol. The summed E-state index contributed by atoms with van der Waals surface area (Å²) in [4.78, 5) is 0. The molecule has 0 unspecified atom stereocenters. The zero-order valence-corrected chi connectivity index (χ0v) is 20.7. The fourth-order valence-electron chi connectivity index (χ4n) is 4.64. The van der Waals surface area contributed by atoms with Crippen LogP contribution in [0.4, 0.5) is 0 Å². The van der Waals surface area contributed by atoms with E-state index in [0.29, 0.717) is 5.75 Å². The van der Waals surface area contributed by atoms with Gasteiger partial charge in [0, 0.05) is 0 Å². The van der Waals surface area contributed by atoms with Gasteiger partial charge in [-0.05, 0) is 61.3 Å². The van der Waals surface area contributed by atoms with Crippen molar-refractivity contribution in [2.45, 2.75) is 149 Å². The number of benzene rings is 1. The van der Waals surface area contributed by atoms with Crippen LogP contribution >= 0.6 is 0 Å². The second-order valence-corrected chi connectivity index (χ2v) is 9.40. The maximum Gasteiger partial charge on any atom is 0.119 e. The smallest absolute Gasteiger partial charge is 0.119 e. The van der Waals surface area contributed by atoms with Crippen molar-refractivity contribution in [3.8, 4) is 5.75 Å². The van der Waals surface area contributed by atoms with E-state index in [1.54, 1.807) is 0 Å². The molecule has 0 fully saturated rings. The van der Waals surface area contributed by atoms with Crippen LogP contribution in [0.2, 0.25) is 0 Å². The highest BCUT2D eigenvalue weighted by atomic mass is 16.3. The van der Waals surface area contributed by atoms with Crippen molar-refractivity contribution < 1.29 is 5.11 Å². The summed E-state index contributed by atoms with van der Waals surface area (Å²) in [6, 6.07) is 4.21. The molecule has 30 heavy (non-hydrogen) atoms. The standard InChI is InChI=1S/C29H52O/c1-4-7-10-13-14-17-20-23-28-27(22-19-16-12-9-6-3)26(24-25-29(28)30)21-18-15-11-8-5-2/h24-25,30H,4-23H2,1-3H3. The van der Waals surface area contributed by atoms with Gasteiger partial charge in [-0.3, -0.25) is 0 Å². The van der Waals surface area contributed by atoms with E-state index in [0.717, 1.165) is 12.8 Å². The first-order chi connectivity index (χ1) is 14.7. The van der Waals surface area contributed by atoms with Crippen molar-refractivity contribution in [2.24, 2.45) is 0 Å². The third-order valence-electron chi connectivity index (χ3n) is 6.61. The van der Waals surface area contributed by atoms with E-state index < -0.39 is 0 Å². The van der Waals surface area contributed by atoms with Crippen LogP contribution in [0.1, 0.15) is 147 Å². The van der Waals surface area contributed by atoms with Crippen molar-refractivity contribution in [2.75, 3.05) is 0 Å². The Hall–Kier alpha value is -0.980. The summed E-state index contributed by atoms with van der Waals surface area (Å²) >= 11 is 0. The highest BCUT2D eigenvalue weighted by molar-refractivity contribution is 5.45. The first kappa shape index (κ1) is 27.1. The highest BCUT2D eigenvalue weighted by Gasteiger charge is 2.13. The van der Waals surface area contributed by atoms with E-state index in [4.69, 9.17) is 0 Å². The number of hydrogen-bond donors (Lipinski definition) is 1. The predicted octanol–water partition coefficient (Wildman–Crippen LogP) is 9.71. The Bertz CT molecular complexity index is 519. The van der Waals surface area contributed by atoms with Gasteiger partial charge in [0.05, 0.1) is 0 Å². The summed E-state index contributed by atoms with van der Waals surface area (Å²) in [5.74, 6) is 0.555. The SMILES string of the molecule is CCCCCCCCCc1c(O)ccc(CCCCCCC)c1CCCCCCC. The van der Waals surface area contributed by atoms with E-state index in [1.807, 2.05) is 6.07 Å². The second kappa shape index (κ2) is 18.8. The predicted molar refractivity (Wildman–Crippen MR) is 135 cm³/mol. The Kier molecular flexibility index (Phi) is 16.9. The molecule has 0 bridgehead atoms. The van der Waals surface area contributed by atoms with Crippen molar-refractivity contribution >= 4 is 0 Å². The minimum atomic E-state index is 0.555. The lowest BCUT2D eigenvalue weighted by Crippen LogP contribution is -2.03. The number of hydrogen-bond acceptors (Lipinski definition) is 1. The van der Waals surface area contributed by atoms with Crippen molar-refractivity contribution in [3.05, 3.63) is 28.8 Å². The van der Waals surface area contributed by atoms with Gasteiger partial charge in [0.15, 0.2) is 0 Å². The highest BCUT2D eigenvalue weighted by Crippen LogP contribution is 2.30. The van der Waals surface area contributed by atoms with E-state index >= 15 is 0 Å². The van der Waals surface area contributed by atoms with Gasteiger partial charge in [0.1, 0.15) is 5.75 Å². The first-order valence-corrected chi connectivity index (χ1v) is 13.6. The van der Waals surface area contributed by atoms with Gasteiger partial charge in [-0.2, -0.15) is 0 Å². The molecule has 0 atom stereocenters. The van der Waals surface area contributed by atoms with Gasteiger partial charge in [0.2, 0.25) is 0 Å². The molecule has 1 heteroatoms. The van der Waals surface area contributed by atoms with Gasteiger partial charge >= 0.3 is 0 Å². The fraction of sp³-hybridized carbons (Fsp3) is 0.793. The van der Waals surface area contributed by atoms with Crippen LogP contribution in [0.25, 0.3) is 0 Å². The quantitative estimate of drug-likeness (QED) is 0.210. The normalized spacial score (nSPS) is 11.3. The molecular formula is C29H52O. The zero-order valence-electron chi connectivity index (χ0n) is 20.7. The fourth-order valence-corrected chi connectivity index (χ4v) is 4.64. The minimum absolute atomic E-state index is 0.555. The summed E-state index contributed by atoms with van der Waals surface area (Å²) in [7, 11) is 0. The van der Waals surface area contributed by atoms with Crippen LogP contribution in [-0.2, 0) is 19.3 Å². The minimum Gasteiger partial charge on any atom is -0.508 e. The first-order valence-electron chi connectivity index (χ1n) is 13.6. The van der Waals surface area contributed by atoms with Crippen molar-refractivity contribution in [1.29, 1.82) is 0 Å². The molecule has 174 valence electrons. The zero-order chi connectivity index (χ0) is 21.9. The van der Waals surface area contributed by atoms with Crippen LogP contribution in [0.15, 0.2) is 12.1 Å². The molecule has 1 nitrogen and oxygen atoms in total. The van der Waals surface area contributed by atoms with Crippen LogP contribution < -0.4 is 0 Å². The average Bonchev–Trinajstić information content (AvgIpc) is 2.75. The number of phenols is 1. The molecule has 1 aromatic carbocycles. The summed E-state index contributed by atoms with van der Waals surface area (Å²) in [6.45, 7) is 6.85. The lowest BCUT2D eigenvalue weighted by molar-refractivity contribution is 0.463. The van der Waals surface area contributed by atoms with E-state index in [-0.39, 0.29) is 0 Å². The molecule has 0 saturated carbocycles. The number of rotatable bonds is 20. The summed E-state index contributed by atoms with van der Waals surface area (Å²) in [6.07, 6.45) is 26.1. The van der Waals surface area contributed by atoms with Gasteiger partial charge in [-0.15, -0.1) is 0 Å². The molecule has 1 N–H and O–H groups in total. The number of aryl methyl sites for hydroxylation is 1. The molecule has 0 saturated heterocycles. The van der Waals surface area contributed by atoms with Crippen molar-refractivity contribution in [1.82, 2.24) is 0 Å². The maximum atomic E-state index is 10.7. The van der Waals surface area contributed by atoms with Gasteiger partial charge in [-0.25, -0.2) is 0 Å². The molecule has 0 spiro atoms. The summed E-state index contributed by atoms with van der Waals surface area (Å²) in [5, 5.41) is 10.7. The number of unbranched alkanes of at least 4 members (excludes halogenated alkanes) is 14. The Labute approximate surface area is 189 Å². The number of aromatic hydroxyl groups is 1. The molecule has 0 aliphatic carbocycles. The van der Waals surface area contributed by atoms with Crippen LogP contribution in [0.3, 0.4) is 0 Å². The van der Waals surface area contributed by atoms with E-state index in [9.17, 15) is 5.11 Å². The molecule has 0 amide bonds. The maximum absolute atomic E-state index is 10.7. The van der Waals surface area contributed by atoms with Gasteiger partial charge in [-0.1, -0.05) is 117 Å². The molecule has 0 aliphatic heterocycles. The Morgan fingerprint density at radius 3 is 1.37 bits per heavy atom. The third-order valence-corrected chi connectivity index (χ3v) is 6.61. The van der Waals surface area contributed by atoms with Crippen LogP contribution in [-0.4, -0.2) is 5.11 Å². The molecule has 0 heterocycles. The molecule has 1 aromatic rings. The van der Waals surface area contributed by atoms with Gasteiger partial charge < -0.3 is 5.11 Å². The lowest BCUT2D eigenvalue weighted by Gasteiger charge is -2.17. The molecule has 0 radical (unpaired) electrons. The van der Waals surface area contributed by atoms with Gasteiger partial charge in [0.25, 0.3) is 0 Å². The average molecular weight is 417 g/mol. The molecule has 0 aromatic heterocycles. The van der Waals surface area contributed by atoms with Crippen molar-refractivity contribution in [3.63, 3.8) is 0 Å². The van der Waals surface area contributed by atoms with Crippen LogP contribution in [0, 0.1) is 0 Å². The van der Waals surface area contributed by atoms with E-state index in [2.05, 4.69) is 26.8 Å². The third kappa shape index (κ3) is 12.0. The lowest BCUT2D eigenvalue weighted by atomic mass is 9.89. The second-order valence-electron chi connectivity index (χ2n) is 9.40. The summed E-state index contributed by atoms with van der Waals surface area (Å²) in [5.41, 5.74) is 4.32. The molecular weight excluding hydrogens is 364 g/mol. The number of phenolic OH excluding ortho intramolecular Hbond substituents is 1. The molecule has 0 aliphatic rings. The van der Waals surface area contributed by atoms with E-state index in [1.165, 1.54) is 132 Å². The Balaban J connectivity index is 2.67. The Morgan fingerprint density at radius 1 is 0.467 bits per heavy atom.